The van der Waals surface area contributed by atoms with Gasteiger partial charge >= 0.3 is 0 Å². The maximum atomic E-state index is 13.4. The van der Waals surface area contributed by atoms with Crippen LogP contribution in [0, 0.1) is 5.82 Å². The highest BCUT2D eigenvalue weighted by molar-refractivity contribution is 6.30. The van der Waals surface area contributed by atoms with E-state index < -0.39 is 5.82 Å². The van der Waals surface area contributed by atoms with Crippen molar-refractivity contribution in [1.82, 2.24) is 4.98 Å². The van der Waals surface area contributed by atoms with Crippen LogP contribution in [0.1, 0.15) is 10.4 Å². The Morgan fingerprint density at radius 2 is 2.12 bits per heavy atom. The Kier molecular flexibility index (Phi) is 3.35. The highest BCUT2D eigenvalue weighted by Crippen LogP contribution is 2.25. The predicted octanol–water partition coefficient (Wildman–Crippen LogP) is 3.48. The zero-order valence-corrected chi connectivity index (χ0v) is 9.32. The summed E-state index contributed by atoms with van der Waals surface area (Å²) >= 11 is 5.61. The number of aromatic nitrogens is 1. The van der Waals surface area contributed by atoms with Gasteiger partial charge in [0.15, 0.2) is 17.9 Å². The Labute approximate surface area is 102 Å². The molecule has 0 spiro atoms. The number of nitrogens with zero attached hydrogens (tertiary/aromatic N) is 1. The van der Waals surface area contributed by atoms with E-state index >= 15 is 0 Å². The molecule has 2 aromatic rings. The summed E-state index contributed by atoms with van der Waals surface area (Å²) in [6, 6.07) is 7.09. The number of aldehydes is 1. The fourth-order valence-corrected chi connectivity index (χ4v) is 1.35. The van der Waals surface area contributed by atoms with E-state index in [1.807, 2.05) is 0 Å². The zero-order valence-electron chi connectivity index (χ0n) is 8.56. The molecular formula is C12H7ClFNO2. The summed E-state index contributed by atoms with van der Waals surface area (Å²) in [7, 11) is 0. The molecule has 1 heterocycles. The van der Waals surface area contributed by atoms with Gasteiger partial charge in [0, 0.05) is 22.8 Å². The SMILES string of the molecule is O=Cc1ccc(Oc2ccc(Cl)cc2F)nc1. The van der Waals surface area contributed by atoms with Crippen LogP contribution in [0.25, 0.3) is 0 Å². The Balaban J connectivity index is 2.22. The Morgan fingerprint density at radius 1 is 1.29 bits per heavy atom. The molecule has 0 atom stereocenters. The van der Waals surface area contributed by atoms with E-state index in [4.69, 9.17) is 16.3 Å². The fourth-order valence-electron chi connectivity index (χ4n) is 1.19. The molecule has 1 aromatic heterocycles. The first kappa shape index (κ1) is 11.5. The van der Waals surface area contributed by atoms with Gasteiger partial charge in [0.2, 0.25) is 5.88 Å². The lowest BCUT2D eigenvalue weighted by atomic mass is 10.3. The lowest BCUT2D eigenvalue weighted by molar-refractivity contribution is 0.112. The van der Waals surface area contributed by atoms with E-state index in [2.05, 4.69) is 4.98 Å². The van der Waals surface area contributed by atoms with Crippen LogP contribution >= 0.6 is 11.6 Å². The second-order valence-corrected chi connectivity index (χ2v) is 3.66. The minimum absolute atomic E-state index is 0.0285. The molecule has 0 aliphatic heterocycles. The van der Waals surface area contributed by atoms with Gasteiger partial charge in [0.1, 0.15) is 0 Å². The van der Waals surface area contributed by atoms with Crippen LogP contribution in [0.5, 0.6) is 11.6 Å². The minimum atomic E-state index is -0.571. The van der Waals surface area contributed by atoms with Crippen LogP contribution in [0.4, 0.5) is 4.39 Å². The second kappa shape index (κ2) is 4.93. The van der Waals surface area contributed by atoms with E-state index in [9.17, 15) is 9.18 Å². The van der Waals surface area contributed by atoms with Crippen LogP contribution in [0.15, 0.2) is 36.5 Å². The summed E-state index contributed by atoms with van der Waals surface area (Å²) in [5.74, 6) is -0.337. The molecule has 0 aliphatic rings. The van der Waals surface area contributed by atoms with Gasteiger partial charge in [-0.3, -0.25) is 4.79 Å². The predicted molar refractivity (Wildman–Crippen MR) is 61.1 cm³/mol. The molecule has 1 aromatic carbocycles. The summed E-state index contributed by atoms with van der Waals surface area (Å²) in [5.41, 5.74) is 0.425. The van der Waals surface area contributed by atoms with Gasteiger partial charge in [-0.15, -0.1) is 0 Å². The molecule has 3 nitrogen and oxygen atoms in total. The molecule has 0 N–H and O–H groups in total. The fraction of sp³-hybridized carbons (Fsp3) is 0. The molecule has 0 aliphatic carbocycles. The standard InChI is InChI=1S/C12H7ClFNO2/c13-9-2-3-11(10(14)5-9)17-12-4-1-8(7-16)6-15-12/h1-7H. The van der Waals surface area contributed by atoms with E-state index in [0.29, 0.717) is 16.9 Å². The molecule has 5 heteroatoms. The Bertz CT molecular complexity index is 543. The highest BCUT2D eigenvalue weighted by Gasteiger charge is 2.06. The van der Waals surface area contributed by atoms with Gasteiger partial charge in [-0.25, -0.2) is 9.37 Å². The third-order valence-electron chi connectivity index (χ3n) is 2.00. The molecule has 0 saturated heterocycles. The van der Waals surface area contributed by atoms with Crippen LogP contribution in [0.3, 0.4) is 0 Å². The highest BCUT2D eigenvalue weighted by atomic mass is 35.5. The van der Waals surface area contributed by atoms with E-state index in [1.54, 1.807) is 0 Å². The van der Waals surface area contributed by atoms with Gasteiger partial charge in [0.05, 0.1) is 0 Å². The normalized spacial score (nSPS) is 10.0. The number of ether oxygens (including phenoxy) is 1. The Hall–Kier alpha value is -1.94. The summed E-state index contributed by atoms with van der Waals surface area (Å²) in [5, 5.41) is 0.291. The van der Waals surface area contributed by atoms with Crippen molar-refractivity contribution in [3.63, 3.8) is 0 Å². The first-order valence-electron chi connectivity index (χ1n) is 4.73. The average Bonchev–Trinajstić information content (AvgIpc) is 2.34. The third-order valence-corrected chi connectivity index (χ3v) is 2.24. The summed E-state index contributed by atoms with van der Waals surface area (Å²) in [6.07, 6.45) is 2.01. The van der Waals surface area contributed by atoms with Crippen molar-refractivity contribution in [2.45, 2.75) is 0 Å². The number of benzene rings is 1. The number of carbonyl (C=O) groups excluding carboxylic acids is 1. The summed E-state index contributed by atoms with van der Waals surface area (Å²) in [4.78, 5) is 14.3. The monoisotopic (exact) mass is 251 g/mol. The first-order chi connectivity index (χ1) is 8.19. The van der Waals surface area contributed by atoms with Gasteiger partial charge in [-0.1, -0.05) is 11.6 Å². The second-order valence-electron chi connectivity index (χ2n) is 3.22. The van der Waals surface area contributed by atoms with Crippen molar-refractivity contribution < 1.29 is 13.9 Å². The van der Waals surface area contributed by atoms with Crippen molar-refractivity contribution in [3.8, 4) is 11.6 Å². The van der Waals surface area contributed by atoms with Crippen LogP contribution < -0.4 is 4.74 Å². The number of pyridine rings is 1. The average molecular weight is 252 g/mol. The summed E-state index contributed by atoms with van der Waals surface area (Å²) < 4.78 is 18.6. The molecular weight excluding hydrogens is 245 g/mol. The topological polar surface area (TPSA) is 39.2 Å². The van der Waals surface area contributed by atoms with Gasteiger partial charge in [-0.05, 0) is 24.3 Å². The van der Waals surface area contributed by atoms with Crippen molar-refractivity contribution in [1.29, 1.82) is 0 Å². The van der Waals surface area contributed by atoms with E-state index in [1.165, 1.54) is 30.5 Å². The number of hydrogen-bond donors (Lipinski definition) is 0. The summed E-state index contributed by atoms with van der Waals surface area (Å²) in [6.45, 7) is 0. The molecule has 0 bridgehead atoms. The molecule has 86 valence electrons. The van der Waals surface area contributed by atoms with Gasteiger partial charge in [0.25, 0.3) is 0 Å². The van der Waals surface area contributed by atoms with E-state index in [0.717, 1.165) is 6.07 Å². The lowest BCUT2D eigenvalue weighted by Gasteiger charge is -2.05. The molecule has 0 fully saturated rings. The molecule has 0 amide bonds. The van der Waals surface area contributed by atoms with Crippen molar-refractivity contribution in [2.75, 3.05) is 0 Å². The van der Waals surface area contributed by atoms with Crippen LogP contribution in [-0.2, 0) is 0 Å². The molecule has 17 heavy (non-hydrogen) atoms. The van der Waals surface area contributed by atoms with Crippen molar-refractivity contribution >= 4 is 17.9 Å². The van der Waals surface area contributed by atoms with Crippen LogP contribution in [-0.4, -0.2) is 11.3 Å². The number of carbonyl (C=O) groups is 1. The van der Waals surface area contributed by atoms with Crippen molar-refractivity contribution in [2.24, 2.45) is 0 Å². The van der Waals surface area contributed by atoms with Crippen molar-refractivity contribution in [3.05, 3.63) is 52.9 Å². The molecule has 0 saturated carbocycles. The van der Waals surface area contributed by atoms with Crippen LogP contribution in [0.2, 0.25) is 5.02 Å². The van der Waals surface area contributed by atoms with Gasteiger partial charge < -0.3 is 4.74 Å². The molecule has 0 radical (unpaired) electrons. The quantitative estimate of drug-likeness (QED) is 0.784. The van der Waals surface area contributed by atoms with E-state index in [-0.39, 0.29) is 11.6 Å². The largest absolute Gasteiger partial charge is 0.436 e. The molecule has 0 unspecified atom stereocenters. The number of rotatable bonds is 3. The zero-order chi connectivity index (χ0) is 12.3. The number of hydrogen-bond acceptors (Lipinski definition) is 3. The first-order valence-corrected chi connectivity index (χ1v) is 5.11. The minimum Gasteiger partial charge on any atom is -0.436 e. The maximum absolute atomic E-state index is 13.4. The van der Waals surface area contributed by atoms with Gasteiger partial charge in [-0.2, -0.15) is 0 Å². The number of halogens is 2. The third kappa shape index (κ3) is 2.79. The smallest absolute Gasteiger partial charge is 0.219 e. The lowest BCUT2D eigenvalue weighted by Crippen LogP contribution is -1.91. The maximum Gasteiger partial charge on any atom is 0.219 e. The Morgan fingerprint density at radius 3 is 2.71 bits per heavy atom. The molecule has 2 rings (SSSR count).